The molecule has 3 rings (SSSR count). The van der Waals surface area contributed by atoms with Crippen molar-refractivity contribution >= 4 is 15.9 Å². The topological polar surface area (TPSA) is 0 Å². The van der Waals surface area contributed by atoms with Crippen LogP contribution >= 0.6 is 15.9 Å². The molecule has 1 heteroatoms. The Hall–Kier alpha value is -1.08. The molecule has 0 aliphatic heterocycles. The molecule has 1 radical (unpaired) electrons. The summed E-state index contributed by atoms with van der Waals surface area (Å²) in [5.41, 5.74) is 5.85. The Bertz CT molecular complexity index is 528. The zero-order valence-electron chi connectivity index (χ0n) is 11.7. The highest BCUT2D eigenvalue weighted by molar-refractivity contribution is 9.09. The summed E-state index contributed by atoms with van der Waals surface area (Å²) in [6, 6.07) is 18.6. The Morgan fingerprint density at radius 1 is 0.900 bits per heavy atom. The van der Waals surface area contributed by atoms with Crippen molar-refractivity contribution in [3.05, 3.63) is 59.7 Å². The van der Waals surface area contributed by atoms with Crippen LogP contribution in [-0.4, -0.2) is 5.33 Å². The van der Waals surface area contributed by atoms with Crippen molar-refractivity contribution in [2.24, 2.45) is 0 Å². The van der Waals surface area contributed by atoms with Gasteiger partial charge in [-0.1, -0.05) is 71.6 Å². The van der Waals surface area contributed by atoms with Crippen molar-refractivity contribution in [2.45, 2.75) is 38.0 Å². The molecule has 0 amide bonds. The number of unbranched alkanes of at least 4 members (excludes halogenated alkanes) is 3. The molecule has 0 bridgehead atoms. The third-order valence-electron chi connectivity index (χ3n) is 4.27. The Labute approximate surface area is 130 Å². The van der Waals surface area contributed by atoms with Crippen LogP contribution in [0.25, 0.3) is 11.1 Å². The van der Waals surface area contributed by atoms with Gasteiger partial charge in [-0.25, -0.2) is 0 Å². The molecule has 2 aromatic carbocycles. The third-order valence-corrected chi connectivity index (χ3v) is 4.84. The fourth-order valence-electron chi connectivity index (χ4n) is 3.30. The molecule has 0 saturated heterocycles. The molecule has 1 unspecified atom stereocenters. The van der Waals surface area contributed by atoms with Crippen molar-refractivity contribution in [3.8, 4) is 11.1 Å². The summed E-state index contributed by atoms with van der Waals surface area (Å²) in [6.07, 6.45) is 6.57. The van der Waals surface area contributed by atoms with Gasteiger partial charge in [0, 0.05) is 11.2 Å². The first-order valence-electron chi connectivity index (χ1n) is 7.57. The fraction of sp³-hybridized carbons (Fsp3) is 0.368. The predicted octanol–water partition coefficient (Wildman–Crippen LogP) is 5.94. The highest BCUT2D eigenvalue weighted by Crippen LogP contribution is 2.46. The van der Waals surface area contributed by atoms with Gasteiger partial charge in [-0.2, -0.15) is 0 Å². The lowest BCUT2D eigenvalue weighted by molar-refractivity contribution is 0.604. The lowest BCUT2D eigenvalue weighted by atomic mass is 9.91. The maximum Gasteiger partial charge on any atom is 0.0102 e. The fourth-order valence-corrected chi connectivity index (χ4v) is 3.69. The second-order valence-corrected chi connectivity index (χ2v) is 6.34. The van der Waals surface area contributed by atoms with Gasteiger partial charge in [-0.15, -0.1) is 0 Å². The average Bonchev–Trinajstić information content (AvgIpc) is 2.82. The van der Waals surface area contributed by atoms with Crippen LogP contribution in [0.15, 0.2) is 42.5 Å². The van der Waals surface area contributed by atoms with Crippen LogP contribution in [0.4, 0.5) is 0 Å². The Kier molecular flexibility index (Phi) is 4.57. The third kappa shape index (κ3) is 2.69. The normalized spacial score (nSPS) is 13.2. The van der Waals surface area contributed by atoms with E-state index in [2.05, 4.69) is 58.4 Å². The molecule has 0 nitrogen and oxygen atoms in total. The maximum absolute atomic E-state index is 3.51. The molecule has 1 atom stereocenters. The summed E-state index contributed by atoms with van der Waals surface area (Å²) in [4.78, 5) is 0. The van der Waals surface area contributed by atoms with Crippen LogP contribution in [0.5, 0.6) is 0 Å². The molecule has 1 aliphatic rings. The van der Waals surface area contributed by atoms with E-state index in [4.69, 9.17) is 0 Å². The van der Waals surface area contributed by atoms with Gasteiger partial charge in [-0.05, 0) is 47.2 Å². The van der Waals surface area contributed by atoms with E-state index < -0.39 is 0 Å². The van der Waals surface area contributed by atoms with Crippen molar-refractivity contribution < 1.29 is 0 Å². The van der Waals surface area contributed by atoms with Crippen LogP contribution < -0.4 is 0 Å². The highest BCUT2D eigenvalue weighted by Gasteiger charge is 2.27. The van der Waals surface area contributed by atoms with E-state index in [1.807, 2.05) is 6.07 Å². The van der Waals surface area contributed by atoms with Gasteiger partial charge in [0.15, 0.2) is 0 Å². The zero-order valence-corrected chi connectivity index (χ0v) is 13.3. The molecular formula is C19H20Br. The van der Waals surface area contributed by atoms with Crippen molar-refractivity contribution in [1.29, 1.82) is 0 Å². The van der Waals surface area contributed by atoms with E-state index in [0.29, 0.717) is 5.92 Å². The summed E-state index contributed by atoms with van der Waals surface area (Å²) in [5, 5.41) is 1.14. The molecule has 0 saturated carbocycles. The standard InChI is InChI=1S/C19H20Br/c20-14-8-2-1-3-9-15-16-10-4-6-12-18(16)19-13-7-5-11-17(15)19/h4,6-7,10-13,15H,1-3,8-9,14H2. The summed E-state index contributed by atoms with van der Waals surface area (Å²) in [7, 11) is 0. The molecule has 0 heterocycles. The number of hydrogen-bond acceptors (Lipinski definition) is 0. The average molecular weight is 328 g/mol. The molecular weight excluding hydrogens is 308 g/mol. The molecule has 0 N–H and O–H groups in total. The van der Waals surface area contributed by atoms with Crippen molar-refractivity contribution in [2.75, 3.05) is 5.33 Å². The number of hydrogen-bond donors (Lipinski definition) is 0. The lowest BCUT2D eigenvalue weighted by Crippen LogP contribution is -1.96. The maximum atomic E-state index is 3.51. The predicted molar refractivity (Wildman–Crippen MR) is 89.4 cm³/mol. The number of halogens is 1. The molecule has 0 aromatic heterocycles. The zero-order chi connectivity index (χ0) is 13.8. The van der Waals surface area contributed by atoms with Crippen LogP contribution in [0.1, 0.15) is 49.1 Å². The monoisotopic (exact) mass is 327 g/mol. The summed E-state index contributed by atoms with van der Waals surface area (Å²) < 4.78 is 0. The Balaban J connectivity index is 1.77. The Morgan fingerprint density at radius 2 is 1.70 bits per heavy atom. The lowest BCUT2D eigenvalue weighted by Gasteiger charge is -2.13. The van der Waals surface area contributed by atoms with E-state index in [-0.39, 0.29) is 0 Å². The van der Waals surface area contributed by atoms with Crippen LogP contribution in [-0.2, 0) is 0 Å². The van der Waals surface area contributed by atoms with E-state index in [1.54, 1.807) is 0 Å². The minimum absolute atomic E-state index is 0.586. The minimum atomic E-state index is 0.586. The SMILES string of the molecule is BrCCCCCCC1c2c[c]ccc2-c2ccccc21. The summed E-state index contributed by atoms with van der Waals surface area (Å²) >= 11 is 3.51. The number of alkyl halides is 1. The minimum Gasteiger partial charge on any atom is -0.0928 e. The number of rotatable bonds is 6. The van der Waals surface area contributed by atoms with Crippen molar-refractivity contribution in [3.63, 3.8) is 0 Å². The van der Waals surface area contributed by atoms with E-state index in [0.717, 1.165) is 5.33 Å². The second-order valence-electron chi connectivity index (χ2n) is 5.55. The van der Waals surface area contributed by atoms with Crippen LogP contribution in [0, 0.1) is 6.07 Å². The van der Waals surface area contributed by atoms with E-state index in [1.165, 1.54) is 54.4 Å². The number of benzene rings is 2. The first-order valence-corrected chi connectivity index (χ1v) is 8.69. The molecule has 20 heavy (non-hydrogen) atoms. The summed E-state index contributed by atoms with van der Waals surface area (Å²) in [6.45, 7) is 0. The molecule has 2 aromatic rings. The van der Waals surface area contributed by atoms with Crippen molar-refractivity contribution in [1.82, 2.24) is 0 Å². The van der Waals surface area contributed by atoms with Gasteiger partial charge >= 0.3 is 0 Å². The van der Waals surface area contributed by atoms with Gasteiger partial charge in [0.25, 0.3) is 0 Å². The van der Waals surface area contributed by atoms with E-state index >= 15 is 0 Å². The van der Waals surface area contributed by atoms with Gasteiger partial charge < -0.3 is 0 Å². The summed E-state index contributed by atoms with van der Waals surface area (Å²) in [5.74, 6) is 0.586. The largest absolute Gasteiger partial charge is 0.0928 e. The van der Waals surface area contributed by atoms with Gasteiger partial charge in [0.05, 0.1) is 0 Å². The molecule has 1 aliphatic carbocycles. The first kappa shape index (κ1) is 13.9. The second kappa shape index (κ2) is 6.58. The Morgan fingerprint density at radius 3 is 2.60 bits per heavy atom. The number of fused-ring (bicyclic) bond motifs is 3. The molecule has 103 valence electrons. The van der Waals surface area contributed by atoms with Gasteiger partial charge in [0.1, 0.15) is 0 Å². The highest BCUT2D eigenvalue weighted by atomic mass is 79.9. The van der Waals surface area contributed by atoms with E-state index in [9.17, 15) is 0 Å². The quantitative estimate of drug-likeness (QED) is 0.454. The van der Waals surface area contributed by atoms with Crippen LogP contribution in [0.2, 0.25) is 0 Å². The first-order chi connectivity index (χ1) is 9.92. The smallest absolute Gasteiger partial charge is 0.0102 e. The molecule has 0 spiro atoms. The van der Waals surface area contributed by atoms with Crippen LogP contribution in [0.3, 0.4) is 0 Å². The molecule has 0 fully saturated rings. The van der Waals surface area contributed by atoms with Gasteiger partial charge in [0.2, 0.25) is 0 Å². The van der Waals surface area contributed by atoms with Gasteiger partial charge in [-0.3, -0.25) is 0 Å².